The van der Waals surface area contributed by atoms with Gasteiger partial charge in [-0.3, -0.25) is 0 Å². The van der Waals surface area contributed by atoms with Gasteiger partial charge in [0.1, 0.15) is 11.4 Å². The molecule has 0 amide bonds. The van der Waals surface area contributed by atoms with Crippen LogP contribution in [0.1, 0.15) is 30.3 Å². The summed E-state index contributed by atoms with van der Waals surface area (Å²) >= 11 is 0. The number of hydrogen-bond acceptors (Lipinski definition) is 6. The quantitative estimate of drug-likeness (QED) is 0.169. The van der Waals surface area contributed by atoms with E-state index in [1.54, 1.807) is 24.3 Å². The summed E-state index contributed by atoms with van der Waals surface area (Å²) in [5, 5.41) is 3.72. The van der Waals surface area contributed by atoms with Crippen LogP contribution in [-0.2, 0) is 16.0 Å². The zero-order valence-corrected chi connectivity index (χ0v) is 23.5. The molecule has 44 heavy (non-hydrogen) atoms. The molecule has 0 aliphatic heterocycles. The van der Waals surface area contributed by atoms with Gasteiger partial charge in [-0.15, -0.1) is 13.2 Å². The van der Waals surface area contributed by atoms with Gasteiger partial charge in [0.05, 0.1) is 10.6 Å². The summed E-state index contributed by atoms with van der Waals surface area (Å²) in [4.78, 5) is 4.70. The van der Waals surface area contributed by atoms with E-state index in [9.17, 15) is 34.8 Å². The first kappa shape index (κ1) is 29.5. The van der Waals surface area contributed by atoms with Gasteiger partial charge in [0.15, 0.2) is 27.2 Å². The van der Waals surface area contributed by atoms with Gasteiger partial charge in [-0.25, -0.2) is 18.1 Å². The van der Waals surface area contributed by atoms with E-state index >= 15 is 0 Å². The highest BCUT2D eigenvalue weighted by molar-refractivity contribution is 7.90. The van der Waals surface area contributed by atoms with Crippen molar-refractivity contribution in [2.24, 2.45) is 0 Å². The number of halogens is 6. The Balaban J connectivity index is 1.54. The summed E-state index contributed by atoms with van der Waals surface area (Å²) in [7, 11) is -3.54. The number of rotatable bonds is 7. The summed E-state index contributed by atoms with van der Waals surface area (Å²) < 4.78 is 114. The molecule has 1 aliphatic rings. The Kier molecular flexibility index (Phi) is 7.06. The minimum atomic E-state index is -4.89. The summed E-state index contributed by atoms with van der Waals surface area (Å²) in [5.74, 6) is 0.0855. The lowest BCUT2D eigenvalue weighted by Crippen LogP contribution is -2.16. The van der Waals surface area contributed by atoms with E-state index in [0.717, 1.165) is 48.2 Å². The molecule has 0 saturated heterocycles. The lowest BCUT2D eigenvalue weighted by molar-refractivity contribution is -0.274. The Labute approximate surface area is 246 Å². The van der Waals surface area contributed by atoms with Gasteiger partial charge in [-0.1, -0.05) is 18.2 Å². The second kappa shape index (κ2) is 10.5. The van der Waals surface area contributed by atoms with Crippen molar-refractivity contribution in [1.29, 1.82) is 0 Å². The maximum Gasteiger partial charge on any atom is 0.573 e. The van der Waals surface area contributed by atoms with Crippen LogP contribution in [0.2, 0.25) is 0 Å². The van der Waals surface area contributed by atoms with Crippen LogP contribution >= 0.6 is 0 Å². The monoisotopic (exact) mass is 633 g/mol. The highest BCUT2D eigenvalue weighted by Crippen LogP contribution is 2.45. The van der Waals surface area contributed by atoms with Gasteiger partial charge >= 0.3 is 12.5 Å². The van der Waals surface area contributed by atoms with Crippen molar-refractivity contribution in [3.05, 3.63) is 90.6 Å². The third-order valence-corrected chi connectivity index (χ3v) is 8.00. The molecule has 2 aromatic heterocycles. The highest BCUT2D eigenvalue weighted by atomic mass is 32.2. The Bertz CT molecular complexity index is 1960. The SMILES string of the molecule is CS(=O)(=O)c1cccc(-c2ccc(-n3ccc(C(F)(F)F)n3)c(-c3oc(C4CC4)nc3-c3ccc(OC(F)(F)F)cc3)c2)c1. The molecule has 14 heteroatoms. The van der Waals surface area contributed by atoms with E-state index < -0.39 is 33.8 Å². The second-order valence-corrected chi connectivity index (χ2v) is 12.3. The number of benzene rings is 3. The summed E-state index contributed by atoms with van der Waals surface area (Å²) in [6.07, 6.45) is -5.76. The molecule has 0 radical (unpaired) electrons. The van der Waals surface area contributed by atoms with E-state index in [2.05, 4.69) is 14.8 Å². The van der Waals surface area contributed by atoms with Crippen LogP contribution in [0.3, 0.4) is 0 Å². The molecular weight excluding hydrogens is 612 g/mol. The lowest BCUT2D eigenvalue weighted by atomic mass is 9.98. The third-order valence-electron chi connectivity index (χ3n) is 6.89. The first-order valence-electron chi connectivity index (χ1n) is 13.1. The number of aromatic nitrogens is 3. The standard InChI is InChI=1S/C30H21F6N3O4S/c1-44(40,41)22-4-2-3-19(15-22)20-9-12-24(39-14-13-25(38-39)29(31,32)33)23(16-20)27-26(37-28(42-27)18-5-6-18)17-7-10-21(11-8-17)43-30(34,35)36/h2-4,7-16,18H,5-6H2,1H3. The summed E-state index contributed by atoms with van der Waals surface area (Å²) in [5.41, 5.74) is 0.990. The fraction of sp³-hybridized carbons (Fsp3) is 0.200. The summed E-state index contributed by atoms with van der Waals surface area (Å²) in [6.45, 7) is 0. The molecule has 0 bridgehead atoms. The number of sulfone groups is 1. The maximum atomic E-state index is 13.4. The Morgan fingerprint density at radius 2 is 1.57 bits per heavy atom. The van der Waals surface area contributed by atoms with Crippen LogP contribution in [-0.4, -0.2) is 35.8 Å². The number of oxazole rings is 1. The van der Waals surface area contributed by atoms with Crippen molar-refractivity contribution in [3.8, 4) is 45.1 Å². The Morgan fingerprint density at radius 3 is 2.18 bits per heavy atom. The van der Waals surface area contributed by atoms with Crippen molar-refractivity contribution in [1.82, 2.24) is 14.8 Å². The van der Waals surface area contributed by atoms with E-state index in [-0.39, 0.29) is 33.5 Å². The Hall–Kier alpha value is -4.59. The third kappa shape index (κ3) is 6.20. The van der Waals surface area contributed by atoms with Crippen LogP contribution < -0.4 is 4.74 Å². The average Bonchev–Trinajstić information content (AvgIpc) is 3.49. The van der Waals surface area contributed by atoms with Crippen molar-refractivity contribution in [3.63, 3.8) is 0 Å². The zero-order valence-electron chi connectivity index (χ0n) is 22.6. The second-order valence-electron chi connectivity index (χ2n) is 10.3. The predicted octanol–water partition coefficient (Wildman–Crippen LogP) is 8.06. The largest absolute Gasteiger partial charge is 0.573 e. The minimum Gasteiger partial charge on any atom is -0.440 e. The van der Waals surface area contributed by atoms with Crippen molar-refractivity contribution in [2.75, 3.05) is 6.26 Å². The van der Waals surface area contributed by atoms with Crippen LogP contribution in [0.5, 0.6) is 5.75 Å². The maximum absolute atomic E-state index is 13.4. The van der Waals surface area contributed by atoms with Crippen molar-refractivity contribution in [2.45, 2.75) is 36.2 Å². The molecule has 7 nitrogen and oxygen atoms in total. The van der Waals surface area contributed by atoms with Crippen molar-refractivity contribution >= 4 is 9.84 Å². The number of ether oxygens (including phenoxy) is 1. The first-order valence-corrected chi connectivity index (χ1v) is 15.0. The van der Waals surface area contributed by atoms with E-state index in [1.165, 1.54) is 30.3 Å². The first-order chi connectivity index (χ1) is 20.7. The van der Waals surface area contributed by atoms with Gasteiger partial charge in [0.2, 0.25) is 0 Å². The van der Waals surface area contributed by atoms with Crippen molar-refractivity contribution < 1.29 is 43.9 Å². The van der Waals surface area contributed by atoms with Gasteiger partial charge in [-0.05, 0) is 78.6 Å². The molecule has 6 rings (SSSR count). The fourth-order valence-corrected chi connectivity index (χ4v) is 5.31. The molecule has 0 N–H and O–H groups in total. The van der Waals surface area contributed by atoms with Gasteiger partial charge in [0.25, 0.3) is 0 Å². The minimum absolute atomic E-state index is 0.00921. The topological polar surface area (TPSA) is 87.2 Å². The molecular formula is C30H21F6N3O4S. The number of nitrogens with zero attached hydrogens (tertiary/aromatic N) is 3. The van der Waals surface area contributed by atoms with Crippen LogP contribution in [0.15, 0.2) is 88.3 Å². The summed E-state index contributed by atoms with van der Waals surface area (Å²) in [6, 6.07) is 16.7. The molecule has 228 valence electrons. The molecule has 1 fully saturated rings. The molecule has 1 saturated carbocycles. The van der Waals surface area contributed by atoms with Gasteiger partial charge in [-0.2, -0.15) is 18.3 Å². The number of hydrogen-bond donors (Lipinski definition) is 0. The average molecular weight is 634 g/mol. The molecule has 1 aliphatic carbocycles. The number of alkyl halides is 6. The van der Waals surface area contributed by atoms with E-state index in [0.29, 0.717) is 22.6 Å². The smallest absolute Gasteiger partial charge is 0.440 e. The molecule has 0 spiro atoms. The van der Waals surface area contributed by atoms with Crippen LogP contribution in [0.4, 0.5) is 26.3 Å². The van der Waals surface area contributed by atoms with E-state index in [4.69, 9.17) is 4.42 Å². The lowest BCUT2D eigenvalue weighted by Gasteiger charge is -2.13. The van der Waals surface area contributed by atoms with Gasteiger partial charge in [0, 0.05) is 29.5 Å². The normalized spacial score (nSPS) is 14.2. The van der Waals surface area contributed by atoms with Crippen LogP contribution in [0, 0.1) is 0 Å². The molecule has 0 atom stereocenters. The van der Waals surface area contributed by atoms with E-state index in [1.807, 2.05) is 0 Å². The Morgan fingerprint density at radius 1 is 0.886 bits per heavy atom. The molecule has 3 aromatic carbocycles. The van der Waals surface area contributed by atoms with Crippen LogP contribution in [0.25, 0.3) is 39.4 Å². The predicted molar refractivity (Wildman–Crippen MR) is 147 cm³/mol. The zero-order chi connectivity index (χ0) is 31.4. The molecule has 5 aromatic rings. The molecule has 0 unspecified atom stereocenters. The highest BCUT2D eigenvalue weighted by Gasteiger charge is 2.35. The fourth-order valence-electron chi connectivity index (χ4n) is 4.65. The van der Waals surface area contributed by atoms with Gasteiger partial charge < -0.3 is 9.15 Å². The molecule has 2 heterocycles.